The molecule has 1 heterocycles. The second-order valence-corrected chi connectivity index (χ2v) is 5.37. The first kappa shape index (κ1) is 13.2. The lowest BCUT2D eigenvalue weighted by Gasteiger charge is -2.06. The molecule has 4 nitrogen and oxygen atoms in total. The van der Waals surface area contributed by atoms with E-state index in [1.807, 2.05) is 30.3 Å². The van der Waals surface area contributed by atoms with Gasteiger partial charge in [0.25, 0.3) is 0 Å². The molecule has 0 saturated heterocycles. The molecule has 1 atom stereocenters. The van der Waals surface area contributed by atoms with E-state index in [9.17, 15) is 4.21 Å². The Morgan fingerprint density at radius 1 is 1.21 bits per heavy atom. The van der Waals surface area contributed by atoms with E-state index in [0.717, 1.165) is 4.90 Å². The number of benzene rings is 1. The van der Waals surface area contributed by atoms with Crippen LogP contribution in [0, 0.1) is 11.3 Å². The number of hydrogen-bond acceptors (Lipinski definition) is 4. The number of pyridine rings is 1. The molecule has 0 saturated carbocycles. The summed E-state index contributed by atoms with van der Waals surface area (Å²) in [6, 6.07) is 14.8. The first-order valence-electron chi connectivity index (χ1n) is 5.83. The van der Waals surface area contributed by atoms with Crippen molar-refractivity contribution < 1.29 is 4.21 Å². The second-order valence-electron chi connectivity index (χ2n) is 3.80. The summed E-state index contributed by atoms with van der Waals surface area (Å²) in [6.45, 7) is 0.507. The van der Waals surface area contributed by atoms with Crippen LogP contribution in [0.15, 0.2) is 53.6 Å². The Kier molecular flexibility index (Phi) is 4.65. The van der Waals surface area contributed by atoms with Gasteiger partial charge in [-0.1, -0.05) is 18.2 Å². The normalized spacial score (nSPS) is 11.5. The molecule has 0 unspecified atom stereocenters. The molecule has 0 amide bonds. The maximum atomic E-state index is 12.0. The van der Waals surface area contributed by atoms with Crippen LogP contribution >= 0.6 is 0 Å². The van der Waals surface area contributed by atoms with Crippen molar-refractivity contribution in [1.82, 2.24) is 4.98 Å². The van der Waals surface area contributed by atoms with Gasteiger partial charge >= 0.3 is 0 Å². The maximum Gasteiger partial charge on any atom is 0.143 e. The van der Waals surface area contributed by atoms with E-state index in [0.29, 0.717) is 23.7 Å². The summed E-state index contributed by atoms with van der Waals surface area (Å²) in [4.78, 5) is 4.90. The van der Waals surface area contributed by atoms with Gasteiger partial charge in [0.2, 0.25) is 0 Å². The maximum absolute atomic E-state index is 12.0. The van der Waals surface area contributed by atoms with Crippen molar-refractivity contribution in [3.05, 3.63) is 54.2 Å². The molecule has 0 aliphatic rings. The van der Waals surface area contributed by atoms with Crippen LogP contribution in [0.1, 0.15) is 5.56 Å². The van der Waals surface area contributed by atoms with E-state index in [4.69, 9.17) is 5.26 Å². The van der Waals surface area contributed by atoms with E-state index in [1.54, 1.807) is 18.3 Å². The molecule has 1 aromatic carbocycles. The lowest BCUT2D eigenvalue weighted by Crippen LogP contribution is -2.12. The number of nitrogens with one attached hydrogen (secondary N) is 1. The molecule has 0 radical (unpaired) electrons. The van der Waals surface area contributed by atoms with Gasteiger partial charge in [0.1, 0.15) is 11.9 Å². The standard InChI is InChI=1S/C14H13N3OS/c15-11-12-5-4-8-16-14(12)17-9-10-19(18)13-6-2-1-3-7-13/h1-8H,9-10H2,(H,16,17)/t19-/m1/s1. The van der Waals surface area contributed by atoms with Crippen molar-refractivity contribution in [2.45, 2.75) is 4.90 Å². The fraction of sp³-hybridized carbons (Fsp3) is 0.143. The third-order valence-electron chi connectivity index (χ3n) is 2.51. The van der Waals surface area contributed by atoms with Crippen LogP contribution in [0.2, 0.25) is 0 Å². The molecule has 0 aliphatic heterocycles. The highest BCUT2D eigenvalue weighted by atomic mass is 32.2. The topological polar surface area (TPSA) is 65.8 Å². The average Bonchev–Trinajstić information content (AvgIpc) is 2.48. The molecule has 5 heteroatoms. The highest BCUT2D eigenvalue weighted by Gasteiger charge is 2.04. The third kappa shape index (κ3) is 3.63. The minimum Gasteiger partial charge on any atom is -0.368 e. The van der Waals surface area contributed by atoms with E-state index in [1.165, 1.54) is 0 Å². The molecule has 1 aromatic heterocycles. The number of aromatic nitrogens is 1. The first-order chi connectivity index (χ1) is 9.31. The van der Waals surface area contributed by atoms with Gasteiger partial charge in [-0.25, -0.2) is 4.98 Å². The van der Waals surface area contributed by atoms with Crippen LogP contribution in [0.3, 0.4) is 0 Å². The number of rotatable bonds is 5. The SMILES string of the molecule is N#Cc1cccnc1NCC[S@@](=O)c1ccccc1. The number of nitriles is 1. The summed E-state index contributed by atoms with van der Waals surface area (Å²) in [5, 5.41) is 12.0. The van der Waals surface area contributed by atoms with Crippen molar-refractivity contribution in [2.24, 2.45) is 0 Å². The average molecular weight is 271 g/mol. The van der Waals surface area contributed by atoms with Crippen LogP contribution in [-0.4, -0.2) is 21.5 Å². The Morgan fingerprint density at radius 3 is 2.74 bits per heavy atom. The predicted octanol–water partition coefficient (Wildman–Crippen LogP) is 2.17. The Balaban J connectivity index is 1.91. The Hall–Kier alpha value is -2.19. The molecule has 2 rings (SSSR count). The van der Waals surface area contributed by atoms with Crippen LogP contribution in [-0.2, 0) is 10.8 Å². The van der Waals surface area contributed by atoms with Crippen LogP contribution < -0.4 is 5.32 Å². The van der Waals surface area contributed by atoms with Gasteiger partial charge in [-0.05, 0) is 24.3 Å². The van der Waals surface area contributed by atoms with Gasteiger partial charge in [-0.2, -0.15) is 5.26 Å². The van der Waals surface area contributed by atoms with Gasteiger partial charge in [0, 0.05) is 23.4 Å². The molecule has 1 N–H and O–H groups in total. The first-order valence-corrected chi connectivity index (χ1v) is 7.15. The van der Waals surface area contributed by atoms with Gasteiger partial charge in [0.15, 0.2) is 0 Å². The summed E-state index contributed by atoms with van der Waals surface area (Å²) in [5.41, 5.74) is 0.494. The van der Waals surface area contributed by atoms with Gasteiger partial charge in [-0.15, -0.1) is 0 Å². The molecule has 19 heavy (non-hydrogen) atoms. The third-order valence-corrected chi connectivity index (χ3v) is 3.89. The van der Waals surface area contributed by atoms with Crippen molar-refractivity contribution in [3.63, 3.8) is 0 Å². The van der Waals surface area contributed by atoms with Crippen LogP contribution in [0.25, 0.3) is 0 Å². The molecular formula is C14H13N3OS. The molecular weight excluding hydrogens is 258 g/mol. The zero-order chi connectivity index (χ0) is 13.5. The quantitative estimate of drug-likeness (QED) is 0.905. The van der Waals surface area contributed by atoms with E-state index >= 15 is 0 Å². The van der Waals surface area contributed by atoms with Crippen molar-refractivity contribution in [3.8, 4) is 6.07 Å². The van der Waals surface area contributed by atoms with Gasteiger partial charge < -0.3 is 5.32 Å². The fourth-order valence-corrected chi connectivity index (χ4v) is 2.57. The van der Waals surface area contributed by atoms with Crippen molar-refractivity contribution in [1.29, 1.82) is 5.26 Å². The minimum atomic E-state index is -1.04. The molecule has 0 spiro atoms. The largest absolute Gasteiger partial charge is 0.368 e. The van der Waals surface area contributed by atoms with E-state index in [-0.39, 0.29) is 0 Å². The predicted molar refractivity (Wildman–Crippen MR) is 75.2 cm³/mol. The molecule has 0 aliphatic carbocycles. The smallest absolute Gasteiger partial charge is 0.143 e. The fourth-order valence-electron chi connectivity index (χ4n) is 1.59. The number of anilines is 1. The minimum absolute atomic E-state index is 0.478. The molecule has 96 valence electrons. The van der Waals surface area contributed by atoms with E-state index in [2.05, 4.69) is 16.4 Å². The summed E-state index contributed by atoms with van der Waals surface area (Å²) >= 11 is 0. The monoisotopic (exact) mass is 271 g/mol. The molecule has 2 aromatic rings. The summed E-state index contributed by atoms with van der Waals surface area (Å²) in [6.07, 6.45) is 1.62. The zero-order valence-corrected chi connectivity index (χ0v) is 11.1. The summed E-state index contributed by atoms with van der Waals surface area (Å²) in [7, 11) is -1.04. The van der Waals surface area contributed by atoms with E-state index < -0.39 is 10.8 Å². The van der Waals surface area contributed by atoms with Crippen LogP contribution in [0.4, 0.5) is 5.82 Å². The number of hydrogen-bond donors (Lipinski definition) is 1. The van der Waals surface area contributed by atoms with Crippen LogP contribution in [0.5, 0.6) is 0 Å². The summed E-state index contributed by atoms with van der Waals surface area (Å²) < 4.78 is 12.0. The van der Waals surface area contributed by atoms with Gasteiger partial charge in [0.05, 0.1) is 16.4 Å². The molecule has 0 fully saturated rings. The lowest BCUT2D eigenvalue weighted by molar-refractivity contribution is 0.683. The Bertz CT molecular complexity index is 608. The van der Waals surface area contributed by atoms with Crippen molar-refractivity contribution in [2.75, 3.05) is 17.6 Å². The highest BCUT2D eigenvalue weighted by molar-refractivity contribution is 7.85. The van der Waals surface area contributed by atoms with Crippen molar-refractivity contribution >= 4 is 16.6 Å². The lowest BCUT2D eigenvalue weighted by atomic mass is 10.3. The second kappa shape index (κ2) is 6.66. The molecule has 0 bridgehead atoms. The summed E-state index contributed by atoms with van der Waals surface area (Å²) in [5.74, 6) is 1.01. The Morgan fingerprint density at radius 2 is 2.00 bits per heavy atom. The zero-order valence-electron chi connectivity index (χ0n) is 10.2. The highest BCUT2D eigenvalue weighted by Crippen LogP contribution is 2.10. The number of nitrogens with zero attached hydrogens (tertiary/aromatic N) is 2. The van der Waals surface area contributed by atoms with Gasteiger partial charge in [-0.3, -0.25) is 4.21 Å². The Labute approximate surface area is 114 Å².